The highest BCUT2D eigenvalue weighted by atomic mass is 16.5. The normalized spacial score (nSPS) is 14.2. The fourth-order valence-corrected chi connectivity index (χ4v) is 8.62. The van der Waals surface area contributed by atoms with Crippen molar-refractivity contribution >= 4 is 50.0 Å². The zero-order valence-electron chi connectivity index (χ0n) is 29.4. The van der Waals surface area contributed by atoms with Crippen LogP contribution in [0.2, 0.25) is 0 Å². The highest BCUT2D eigenvalue weighted by Gasteiger charge is 2.33. The van der Waals surface area contributed by atoms with E-state index in [1.807, 2.05) is 12.1 Å². The predicted octanol–water partition coefficient (Wildman–Crippen LogP) is 14.0. The van der Waals surface area contributed by atoms with Crippen LogP contribution in [-0.2, 0) is 0 Å². The highest BCUT2D eigenvalue weighted by Crippen LogP contribution is 2.56. The number of rotatable bonds is 4. The number of fused-ring (bicyclic) bond motifs is 5. The molecule has 0 saturated heterocycles. The third-order valence-corrected chi connectivity index (χ3v) is 10.8. The molecule has 2 aliphatic heterocycles. The Morgan fingerprint density at radius 3 is 1.39 bits per heavy atom. The Morgan fingerprint density at radius 2 is 0.833 bits per heavy atom. The van der Waals surface area contributed by atoms with E-state index in [9.17, 15) is 0 Å². The lowest BCUT2D eigenvalue weighted by molar-refractivity contribution is 0.388. The molecule has 4 nitrogen and oxygen atoms in total. The quantitative estimate of drug-likeness (QED) is 0.171. The average Bonchev–Trinajstić information content (AvgIpc) is 3.24. The van der Waals surface area contributed by atoms with Crippen LogP contribution in [0.5, 0.6) is 17.2 Å². The molecule has 8 aromatic rings. The van der Waals surface area contributed by atoms with Crippen LogP contribution < -0.4 is 19.3 Å². The molecule has 8 aromatic carbocycles. The summed E-state index contributed by atoms with van der Waals surface area (Å²) in [6.45, 7) is 0. The summed E-state index contributed by atoms with van der Waals surface area (Å²) >= 11 is 0. The Hall–Kier alpha value is -7.04. The standard InChI is InChI=1S/C50H34N2O2/c1-3-17-33(18-4-1)47-35-21-15-28-42(52-39-25-9-13-31-45(39)54-46-32-14-10-26-40(46)52)50(35)48(34-19-5-2-6-20-34)36-22-16-27-41(49(36)47)51-37-23-7-11-29-43(37)53-44-30-12-8-24-38(44)51/h1-13,15-31H,14,32H2. The maximum Gasteiger partial charge on any atom is 0.151 e. The van der Waals surface area contributed by atoms with Crippen molar-refractivity contribution in [3.8, 4) is 39.5 Å². The molecule has 0 radical (unpaired) electrons. The molecule has 0 saturated carbocycles. The topological polar surface area (TPSA) is 24.9 Å². The van der Waals surface area contributed by atoms with Crippen LogP contribution in [0.3, 0.4) is 0 Å². The molecule has 0 aromatic heterocycles. The van der Waals surface area contributed by atoms with Crippen LogP contribution in [-0.4, -0.2) is 0 Å². The van der Waals surface area contributed by atoms with Gasteiger partial charge in [-0.3, -0.25) is 0 Å². The van der Waals surface area contributed by atoms with Gasteiger partial charge in [0.2, 0.25) is 0 Å². The molecule has 2 heterocycles. The number of anilines is 5. The van der Waals surface area contributed by atoms with E-state index in [2.05, 4.69) is 180 Å². The number of benzene rings is 8. The van der Waals surface area contributed by atoms with Crippen LogP contribution in [0.15, 0.2) is 193 Å². The second-order valence-corrected chi connectivity index (χ2v) is 13.9. The lowest BCUT2D eigenvalue weighted by Crippen LogP contribution is -2.25. The van der Waals surface area contributed by atoms with Gasteiger partial charge in [0.15, 0.2) is 17.2 Å². The highest BCUT2D eigenvalue weighted by molar-refractivity contribution is 6.28. The van der Waals surface area contributed by atoms with E-state index in [4.69, 9.17) is 9.47 Å². The summed E-state index contributed by atoms with van der Waals surface area (Å²) in [6, 6.07) is 60.5. The van der Waals surface area contributed by atoms with E-state index >= 15 is 0 Å². The van der Waals surface area contributed by atoms with Gasteiger partial charge in [-0.2, -0.15) is 0 Å². The number of allylic oxidation sites excluding steroid dienone is 3. The molecule has 0 atom stereocenters. The van der Waals surface area contributed by atoms with Gasteiger partial charge in [-0.1, -0.05) is 127 Å². The zero-order valence-corrected chi connectivity index (χ0v) is 29.4. The lowest BCUT2D eigenvalue weighted by atomic mass is 9.84. The Labute approximate surface area is 314 Å². The molecule has 11 rings (SSSR count). The van der Waals surface area contributed by atoms with Gasteiger partial charge >= 0.3 is 0 Å². The lowest BCUT2D eigenvalue weighted by Gasteiger charge is -2.37. The van der Waals surface area contributed by atoms with Gasteiger partial charge in [0.1, 0.15) is 5.76 Å². The van der Waals surface area contributed by atoms with E-state index in [0.29, 0.717) is 0 Å². The van der Waals surface area contributed by atoms with Gasteiger partial charge in [-0.25, -0.2) is 0 Å². The van der Waals surface area contributed by atoms with E-state index in [0.717, 1.165) is 81.1 Å². The molecule has 0 amide bonds. The average molecular weight is 695 g/mol. The first-order chi connectivity index (χ1) is 26.8. The van der Waals surface area contributed by atoms with Crippen molar-refractivity contribution in [2.75, 3.05) is 9.80 Å². The van der Waals surface area contributed by atoms with Gasteiger partial charge in [0.25, 0.3) is 0 Å². The molecular weight excluding hydrogens is 661 g/mol. The molecule has 1 aliphatic carbocycles. The van der Waals surface area contributed by atoms with Crippen molar-refractivity contribution in [1.29, 1.82) is 0 Å². The molecular formula is C50H34N2O2. The predicted molar refractivity (Wildman–Crippen MR) is 222 cm³/mol. The number of hydrogen-bond acceptors (Lipinski definition) is 4. The Morgan fingerprint density at radius 1 is 0.389 bits per heavy atom. The van der Waals surface area contributed by atoms with Gasteiger partial charge in [-0.05, 0) is 94.1 Å². The molecule has 0 unspecified atom stereocenters. The summed E-state index contributed by atoms with van der Waals surface area (Å²) in [7, 11) is 0. The van der Waals surface area contributed by atoms with Crippen LogP contribution in [0.4, 0.5) is 28.4 Å². The largest absolute Gasteiger partial charge is 0.457 e. The maximum atomic E-state index is 6.59. The second kappa shape index (κ2) is 12.3. The molecule has 0 bridgehead atoms. The second-order valence-electron chi connectivity index (χ2n) is 13.9. The zero-order chi connectivity index (χ0) is 35.6. The molecule has 4 heteroatoms. The minimum absolute atomic E-state index is 0.830. The molecule has 256 valence electrons. The fraction of sp³-hybridized carbons (Fsp3) is 0.0400. The van der Waals surface area contributed by atoms with Crippen molar-refractivity contribution in [2.45, 2.75) is 12.8 Å². The number of hydrogen-bond donors (Lipinski definition) is 0. The first-order valence-electron chi connectivity index (χ1n) is 18.6. The third-order valence-electron chi connectivity index (χ3n) is 10.8. The SMILES string of the molecule is C1=CC2=C(CC1)Oc1ccccc1N2c1cccc2c(-c3ccccc3)c3c(N4c5ccccc5Oc5ccccc54)cccc3c(-c3ccccc3)c12. The molecule has 3 aliphatic rings. The molecule has 0 N–H and O–H groups in total. The summed E-state index contributed by atoms with van der Waals surface area (Å²) in [5.74, 6) is 3.54. The molecule has 54 heavy (non-hydrogen) atoms. The van der Waals surface area contributed by atoms with Crippen LogP contribution in [0, 0.1) is 0 Å². The Bertz CT molecular complexity index is 2790. The van der Waals surface area contributed by atoms with Crippen LogP contribution >= 0.6 is 0 Å². The van der Waals surface area contributed by atoms with Crippen LogP contribution in [0.25, 0.3) is 43.8 Å². The van der Waals surface area contributed by atoms with Crippen molar-refractivity contribution in [3.63, 3.8) is 0 Å². The maximum absolute atomic E-state index is 6.59. The van der Waals surface area contributed by atoms with Gasteiger partial charge in [0.05, 0.1) is 34.1 Å². The molecule has 0 fully saturated rings. The minimum Gasteiger partial charge on any atom is -0.457 e. The van der Waals surface area contributed by atoms with E-state index in [1.165, 1.54) is 32.7 Å². The van der Waals surface area contributed by atoms with Crippen molar-refractivity contribution in [2.24, 2.45) is 0 Å². The van der Waals surface area contributed by atoms with E-state index < -0.39 is 0 Å². The van der Waals surface area contributed by atoms with E-state index in [-0.39, 0.29) is 0 Å². The summed E-state index contributed by atoms with van der Waals surface area (Å²) in [5.41, 5.74) is 11.0. The smallest absolute Gasteiger partial charge is 0.151 e. The molecule has 0 spiro atoms. The summed E-state index contributed by atoms with van der Waals surface area (Å²) < 4.78 is 13.1. The van der Waals surface area contributed by atoms with Crippen LogP contribution in [0.1, 0.15) is 12.8 Å². The summed E-state index contributed by atoms with van der Waals surface area (Å²) in [5, 5.41) is 4.73. The Kier molecular flexibility index (Phi) is 6.96. The first-order valence-corrected chi connectivity index (χ1v) is 18.6. The summed E-state index contributed by atoms with van der Waals surface area (Å²) in [4.78, 5) is 4.81. The summed E-state index contributed by atoms with van der Waals surface area (Å²) in [6.07, 6.45) is 6.32. The minimum atomic E-state index is 0.830. The number of ether oxygens (including phenoxy) is 2. The van der Waals surface area contributed by atoms with E-state index in [1.54, 1.807) is 0 Å². The van der Waals surface area contributed by atoms with Gasteiger partial charge in [0, 0.05) is 17.2 Å². The number of para-hydroxylation sites is 6. The first kappa shape index (κ1) is 30.6. The third kappa shape index (κ3) is 4.63. The monoisotopic (exact) mass is 694 g/mol. The Balaban J connectivity index is 1.32. The van der Waals surface area contributed by atoms with Gasteiger partial charge in [-0.15, -0.1) is 0 Å². The van der Waals surface area contributed by atoms with Crippen molar-refractivity contribution < 1.29 is 9.47 Å². The fourth-order valence-electron chi connectivity index (χ4n) is 8.62. The van der Waals surface area contributed by atoms with Crippen molar-refractivity contribution in [1.82, 2.24) is 0 Å². The van der Waals surface area contributed by atoms with Crippen molar-refractivity contribution in [3.05, 3.63) is 193 Å². The van der Waals surface area contributed by atoms with Gasteiger partial charge < -0.3 is 19.3 Å². The number of nitrogens with zero attached hydrogens (tertiary/aromatic N) is 2.